The van der Waals surface area contributed by atoms with Crippen molar-refractivity contribution in [3.63, 3.8) is 0 Å². The Morgan fingerprint density at radius 1 is 1.13 bits per heavy atom. The monoisotopic (exact) mass is 211 g/mol. The molecule has 0 amide bonds. The minimum atomic E-state index is -0.597. The van der Waals surface area contributed by atoms with Crippen molar-refractivity contribution in [2.45, 2.75) is 51.0 Å². The number of nitrogens with one attached hydrogen (secondary N) is 1. The predicted octanol–water partition coefficient (Wildman–Crippen LogP) is 2.02. The molecule has 0 aromatic rings. The summed E-state index contributed by atoms with van der Waals surface area (Å²) in [4.78, 5) is 10.8. The molecule has 0 unspecified atom stereocenters. The van der Waals surface area contributed by atoms with E-state index in [0.29, 0.717) is 0 Å². The van der Waals surface area contributed by atoms with Gasteiger partial charge in [-0.1, -0.05) is 6.42 Å². The van der Waals surface area contributed by atoms with E-state index < -0.39 is 5.97 Å². The summed E-state index contributed by atoms with van der Waals surface area (Å²) in [7, 11) is 0. The second-order valence-electron chi connectivity index (χ2n) is 5.09. The molecular formula is C12H21NO2. The van der Waals surface area contributed by atoms with Crippen LogP contribution in [0.4, 0.5) is 0 Å². The van der Waals surface area contributed by atoms with Gasteiger partial charge in [0.15, 0.2) is 0 Å². The molecule has 2 fully saturated rings. The van der Waals surface area contributed by atoms with Gasteiger partial charge in [0.2, 0.25) is 0 Å². The van der Waals surface area contributed by atoms with E-state index in [1.54, 1.807) is 0 Å². The lowest BCUT2D eigenvalue weighted by Crippen LogP contribution is -2.39. The third kappa shape index (κ3) is 2.94. The summed E-state index contributed by atoms with van der Waals surface area (Å²) in [6, 6.07) is 0.766. The fourth-order valence-electron chi connectivity index (χ4n) is 2.56. The summed E-state index contributed by atoms with van der Waals surface area (Å²) in [5.74, 6) is 0.0616. The van der Waals surface area contributed by atoms with Gasteiger partial charge < -0.3 is 10.4 Å². The van der Waals surface area contributed by atoms with E-state index in [9.17, 15) is 4.79 Å². The molecule has 3 heteroatoms. The van der Waals surface area contributed by atoms with Gasteiger partial charge in [0.05, 0.1) is 5.92 Å². The van der Waals surface area contributed by atoms with Crippen molar-refractivity contribution in [1.29, 1.82) is 0 Å². The normalized spacial score (nSPS) is 32.3. The van der Waals surface area contributed by atoms with Crippen molar-refractivity contribution in [2.24, 2.45) is 11.8 Å². The van der Waals surface area contributed by atoms with Crippen LogP contribution in [0.25, 0.3) is 0 Å². The molecular weight excluding hydrogens is 190 g/mol. The van der Waals surface area contributed by atoms with Crippen LogP contribution >= 0.6 is 0 Å². The van der Waals surface area contributed by atoms with Gasteiger partial charge >= 0.3 is 5.97 Å². The Hall–Kier alpha value is -0.570. The average molecular weight is 211 g/mol. The van der Waals surface area contributed by atoms with Crippen molar-refractivity contribution in [3.8, 4) is 0 Å². The number of carboxylic acid groups (broad SMARTS) is 1. The van der Waals surface area contributed by atoms with Gasteiger partial charge in [0.1, 0.15) is 0 Å². The minimum Gasteiger partial charge on any atom is -0.481 e. The summed E-state index contributed by atoms with van der Waals surface area (Å²) in [6.45, 7) is 1.11. The van der Waals surface area contributed by atoms with Gasteiger partial charge in [-0.25, -0.2) is 0 Å². The highest BCUT2D eigenvalue weighted by Gasteiger charge is 2.26. The molecule has 0 heterocycles. The third-order valence-corrected chi connectivity index (χ3v) is 4.00. The molecule has 2 N–H and O–H groups in total. The molecule has 0 aliphatic heterocycles. The minimum absolute atomic E-state index is 0.0649. The summed E-state index contributed by atoms with van der Waals surface area (Å²) >= 11 is 0. The first-order valence-corrected chi connectivity index (χ1v) is 6.22. The maximum absolute atomic E-state index is 10.8. The number of aliphatic carboxylic acids is 1. The lowest BCUT2D eigenvalue weighted by atomic mass is 9.81. The molecule has 2 aliphatic rings. The van der Waals surface area contributed by atoms with Crippen molar-refractivity contribution in [2.75, 3.05) is 6.54 Å². The lowest BCUT2D eigenvalue weighted by molar-refractivity contribution is -0.143. The van der Waals surface area contributed by atoms with E-state index in [-0.39, 0.29) is 5.92 Å². The van der Waals surface area contributed by atoms with Crippen molar-refractivity contribution in [3.05, 3.63) is 0 Å². The van der Waals surface area contributed by atoms with Gasteiger partial charge in [0, 0.05) is 6.04 Å². The van der Waals surface area contributed by atoms with Gasteiger partial charge in [-0.05, 0) is 51.0 Å². The molecule has 0 atom stereocenters. The van der Waals surface area contributed by atoms with E-state index >= 15 is 0 Å². The van der Waals surface area contributed by atoms with Crippen molar-refractivity contribution in [1.82, 2.24) is 5.32 Å². The lowest BCUT2D eigenvalue weighted by Gasteiger charge is -2.31. The number of carboxylic acids is 1. The Kier molecular flexibility index (Phi) is 3.62. The highest BCUT2D eigenvalue weighted by Crippen LogP contribution is 2.29. The Labute approximate surface area is 91.2 Å². The topological polar surface area (TPSA) is 49.3 Å². The zero-order chi connectivity index (χ0) is 10.7. The molecule has 3 nitrogen and oxygen atoms in total. The van der Waals surface area contributed by atoms with Crippen LogP contribution in [0.2, 0.25) is 0 Å². The largest absolute Gasteiger partial charge is 0.481 e. The second-order valence-corrected chi connectivity index (χ2v) is 5.09. The summed E-state index contributed by atoms with van der Waals surface area (Å²) < 4.78 is 0. The van der Waals surface area contributed by atoms with Crippen LogP contribution in [0.15, 0.2) is 0 Å². The number of rotatable bonds is 4. The van der Waals surface area contributed by atoms with Crippen LogP contribution < -0.4 is 5.32 Å². The molecule has 0 spiro atoms. The van der Waals surface area contributed by atoms with E-state index in [2.05, 4.69) is 5.32 Å². The maximum Gasteiger partial charge on any atom is 0.306 e. The zero-order valence-electron chi connectivity index (χ0n) is 9.24. The predicted molar refractivity (Wildman–Crippen MR) is 58.7 cm³/mol. The van der Waals surface area contributed by atoms with Gasteiger partial charge in [-0.3, -0.25) is 4.79 Å². The van der Waals surface area contributed by atoms with E-state index in [1.807, 2.05) is 0 Å². The SMILES string of the molecule is O=C(O)C1CCC(CNC2CCC2)CC1. The molecule has 2 rings (SSSR count). The number of carbonyl (C=O) groups is 1. The fraction of sp³-hybridized carbons (Fsp3) is 0.917. The molecule has 2 aliphatic carbocycles. The van der Waals surface area contributed by atoms with Crippen molar-refractivity contribution < 1.29 is 9.90 Å². The first-order chi connectivity index (χ1) is 7.25. The number of hydrogen-bond donors (Lipinski definition) is 2. The molecule has 0 saturated heterocycles. The van der Waals surface area contributed by atoms with Gasteiger partial charge in [0.25, 0.3) is 0 Å². The van der Waals surface area contributed by atoms with E-state index in [0.717, 1.165) is 44.2 Å². The number of hydrogen-bond acceptors (Lipinski definition) is 2. The molecule has 0 aromatic heterocycles. The van der Waals surface area contributed by atoms with Crippen LogP contribution in [0.1, 0.15) is 44.9 Å². The summed E-state index contributed by atoms with van der Waals surface area (Å²) in [5.41, 5.74) is 0. The molecule has 0 radical (unpaired) electrons. The Morgan fingerprint density at radius 2 is 1.80 bits per heavy atom. The van der Waals surface area contributed by atoms with E-state index in [1.165, 1.54) is 19.3 Å². The average Bonchev–Trinajstić information content (AvgIpc) is 2.16. The first-order valence-electron chi connectivity index (χ1n) is 6.22. The van der Waals surface area contributed by atoms with Crippen molar-refractivity contribution >= 4 is 5.97 Å². The van der Waals surface area contributed by atoms with Crippen LogP contribution in [-0.2, 0) is 4.79 Å². The van der Waals surface area contributed by atoms with E-state index in [4.69, 9.17) is 5.11 Å². The Bertz CT molecular complexity index is 218. The highest BCUT2D eigenvalue weighted by atomic mass is 16.4. The van der Waals surface area contributed by atoms with Gasteiger partial charge in [-0.15, -0.1) is 0 Å². The zero-order valence-corrected chi connectivity index (χ0v) is 9.24. The van der Waals surface area contributed by atoms with Crippen LogP contribution in [0.5, 0.6) is 0 Å². The second kappa shape index (κ2) is 4.97. The third-order valence-electron chi connectivity index (χ3n) is 4.00. The first kappa shape index (κ1) is 10.9. The molecule has 0 bridgehead atoms. The molecule has 86 valence electrons. The molecule has 15 heavy (non-hydrogen) atoms. The maximum atomic E-state index is 10.8. The summed E-state index contributed by atoms with van der Waals surface area (Å²) in [5, 5.41) is 12.5. The van der Waals surface area contributed by atoms with Gasteiger partial charge in [-0.2, -0.15) is 0 Å². The van der Waals surface area contributed by atoms with Crippen LogP contribution in [-0.4, -0.2) is 23.7 Å². The highest BCUT2D eigenvalue weighted by molar-refractivity contribution is 5.69. The molecule has 0 aromatic carbocycles. The smallest absolute Gasteiger partial charge is 0.306 e. The Balaban J connectivity index is 1.62. The standard InChI is InChI=1S/C12H21NO2/c14-12(15)10-6-4-9(5-7-10)8-13-11-2-1-3-11/h9-11,13H,1-8H2,(H,14,15). The van der Waals surface area contributed by atoms with Crippen LogP contribution in [0, 0.1) is 11.8 Å². The van der Waals surface area contributed by atoms with Crippen LogP contribution in [0.3, 0.4) is 0 Å². The Morgan fingerprint density at radius 3 is 2.27 bits per heavy atom. The fourth-order valence-corrected chi connectivity index (χ4v) is 2.56. The quantitative estimate of drug-likeness (QED) is 0.748. The molecule has 2 saturated carbocycles. The summed E-state index contributed by atoms with van der Waals surface area (Å²) in [6.07, 6.45) is 8.00.